The summed E-state index contributed by atoms with van der Waals surface area (Å²) in [4.78, 5) is 9.69. The second-order valence-corrected chi connectivity index (χ2v) is 5.41. The van der Waals surface area contributed by atoms with Crippen LogP contribution in [0.2, 0.25) is 0 Å². The van der Waals surface area contributed by atoms with E-state index in [4.69, 9.17) is 4.98 Å². The molecular formula is C14H21N3. The quantitative estimate of drug-likeness (QED) is 0.775. The van der Waals surface area contributed by atoms with Crippen molar-refractivity contribution in [1.29, 1.82) is 0 Å². The van der Waals surface area contributed by atoms with Crippen molar-refractivity contribution in [2.45, 2.75) is 31.7 Å². The van der Waals surface area contributed by atoms with Crippen LogP contribution in [-0.2, 0) is 6.42 Å². The number of hydrogen-bond donors (Lipinski definition) is 0. The molecule has 3 heteroatoms. The topological polar surface area (TPSA) is 19.4 Å². The van der Waals surface area contributed by atoms with Crippen LogP contribution in [0.25, 0.3) is 0 Å². The fourth-order valence-electron chi connectivity index (χ4n) is 3.06. The van der Waals surface area contributed by atoms with E-state index >= 15 is 0 Å². The van der Waals surface area contributed by atoms with Gasteiger partial charge in [-0.2, -0.15) is 0 Å². The maximum absolute atomic E-state index is 4.73. The van der Waals surface area contributed by atoms with E-state index in [-0.39, 0.29) is 0 Å². The Morgan fingerprint density at radius 2 is 2.12 bits per heavy atom. The van der Waals surface area contributed by atoms with Gasteiger partial charge >= 0.3 is 0 Å². The highest BCUT2D eigenvalue weighted by Crippen LogP contribution is 2.38. The summed E-state index contributed by atoms with van der Waals surface area (Å²) >= 11 is 0. The van der Waals surface area contributed by atoms with E-state index in [1.165, 1.54) is 30.9 Å². The van der Waals surface area contributed by atoms with Crippen molar-refractivity contribution in [2.75, 3.05) is 31.6 Å². The molecular weight excluding hydrogens is 210 g/mol. The summed E-state index contributed by atoms with van der Waals surface area (Å²) in [5.41, 5.74) is 1.66. The Hall–Kier alpha value is -1.09. The number of likely N-dealkylation sites (tertiary alicyclic amines) is 1. The summed E-state index contributed by atoms with van der Waals surface area (Å²) in [6.45, 7) is 5.74. The predicted octanol–water partition coefficient (Wildman–Crippen LogP) is 1.93. The van der Waals surface area contributed by atoms with Gasteiger partial charge in [0.05, 0.1) is 0 Å². The molecule has 0 N–H and O–H groups in total. The zero-order chi connectivity index (χ0) is 11.9. The molecule has 2 aliphatic rings. The second-order valence-electron chi connectivity index (χ2n) is 5.41. The summed E-state index contributed by atoms with van der Waals surface area (Å²) < 4.78 is 0. The zero-order valence-corrected chi connectivity index (χ0v) is 10.8. The molecule has 0 aliphatic carbocycles. The molecule has 3 nitrogen and oxygen atoms in total. The molecule has 17 heavy (non-hydrogen) atoms. The first-order valence-corrected chi connectivity index (χ1v) is 6.66. The van der Waals surface area contributed by atoms with Crippen LogP contribution < -0.4 is 4.90 Å². The van der Waals surface area contributed by atoms with Crippen LogP contribution in [0.5, 0.6) is 0 Å². The molecule has 0 amide bonds. The van der Waals surface area contributed by atoms with Gasteiger partial charge in [-0.05, 0) is 38.4 Å². The van der Waals surface area contributed by atoms with Crippen LogP contribution in [0.4, 0.5) is 5.82 Å². The van der Waals surface area contributed by atoms with Crippen molar-refractivity contribution in [3.05, 3.63) is 23.9 Å². The summed E-state index contributed by atoms with van der Waals surface area (Å²) in [7, 11) is 2.25. The number of anilines is 1. The largest absolute Gasteiger partial charge is 0.355 e. The SMILES string of the molecule is CCc1cccc(N2CC[C@@]3(CCN3C)C2)n1. The smallest absolute Gasteiger partial charge is 0.128 e. The Balaban J connectivity index is 1.77. The summed E-state index contributed by atoms with van der Waals surface area (Å²) in [5.74, 6) is 1.17. The predicted molar refractivity (Wildman–Crippen MR) is 70.4 cm³/mol. The van der Waals surface area contributed by atoms with Gasteiger partial charge in [0, 0.05) is 30.9 Å². The van der Waals surface area contributed by atoms with Gasteiger partial charge in [0.25, 0.3) is 0 Å². The van der Waals surface area contributed by atoms with Crippen LogP contribution >= 0.6 is 0 Å². The maximum atomic E-state index is 4.73. The summed E-state index contributed by atoms with van der Waals surface area (Å²) in [5, 5.41) is 0. The number of likely N-dealkylation sites (N-methyl/N-ethyl adjacent to an activating group) is 1. The van der Waals surface area contributed by atoms with E-state index in [1.807, 2.05) is 0 Å². The van der Waals surface area contributed by atoms with Crippen molar-refractivity contribution >= 4 is 5.82 Å². The molecule has 2 saturated heterocycles. The third-order valence-electron chi connectivity index (χ3n) is 4.53. The van der Waals surface area contributed by atoms with E-state index in [0.29, 0.717) is 5.54 Å². The standard InChI is InChI=1S/C14H21N3/c1-3-12-5-4-6-13(15-12)17-10-8-14(11-17)7-9-16(14)2/h4-6H,3,7-11H2,1-2H3/t14-/m0/s1. The lowest BCUT2D eigenvalue weighted by atomic mass is 9.85. The molecule has 1 atom stereocenters. The highest BCUT2D eigenvalue weighted by atomic mass is 15.3. The summed E-state index contributed by atoms with van der Waals surface area (Å²) in [6, 6.07) is 6.40. The van der Waals surface area contributed by atoms with Gasteiger partial charge in [-0.1, -0.05) is 13.0 Å². The minimum atomic E-state index is 0.462. The van der Waals surface area contributed by atoms with Gasteiger partial charge in [0.2, 0.25) is 0 Å². The Kier molecular flexibility index (Phi) is 2.58. The van der Waals surface area contributed by atoms with Crippen LogP contribution in [0.3, 0.4) is 0 Å². The molecule has 2 fully saturated rings. The first-order chi connectivity index (χ1) is 8.23. The average Bonchev–Trinajstić information content (AvgIpc) is 2.85. The number of hydrogen-bond acceptors (Lipinski definition) is 3. The molecule has 1 aromatic heterocycles. The molecule has 3 rings (SSSR count). The van der Waals surface area contributed by atoms with Gasteiger partial charge in [-0.15, -0.1) is 0 Å². The molecule has 0 unspecified atom stereocenters. The molecule has 1 aromatic rings. The third-order valence-corrected chi connectivity index (χ3v) is 4.53. The molecule has 0 aromatic carbocycles. The zero-order valence-electron chi connectivity index (χ0n) is 10.8. The van der Waals surface area contributed by atoms with Gasteiger partial charge < -0.3 is 4.90 Å². The lowest BCUT2D eigenvalue weighted by molar-refractivity contribution is 0.0307. The average molecular weight is 231 g/mol. The number of aromatic nitrogens is 1. The number of rotatable bonds is 2. The lowest BCUT2D eigenvalue weighted by Crippen LogP contribution is -2.59. The maximum Gasteiger partial charge on any atom is 0.128 e. The molecule has 3 heterocycles. The van der Waals surface area contributed by atoms with Crippen molar-refractivity contribution in [2.24, 2.45) is 0 Å². The Morgan fingerprint density at radius 3 is 2.71 bits per heavy atom. The van der Waals surface area contributed by atoms with Crippen LogP contribution in [0, 0.1) is 0 Å². The highest BCUT2D eigenvalue weighted by Gasteiger charge is 2.47. The van der Waals surface area contributed by atoms with Crippen molar-refractivity contribution < 1.29 is 0 Å². The minimum Gasteiger partial charge on any atom is -0.355 e. The van der Waals surface area contributed by atoms with Crippen LogP contribution in [0.1, 0.15) is 25.5 Å². The third kappa shape index (κ3) is 1.73. The molecule has 0 bridgehead atoms. The van der Waals surface area contributed by atoms with Crippen molar-refractivity contribution in [3.63, 3.8) is 0 Å². The van der Waals surface area contributed by atoms with E-state index in [2.05, 4.69) is 42.0 Å². The van der Waals surface area contributed by atoms with E-state index in [9.17, 15) is 0 Å². The second kappa shape index (κ2) is 3.98. The molecule has 0 radical (unpaired) electrons. The number of nitrogens with zero attached hydrogens (tertiary/aromatic N) is 3. The van der Waals surface area contributed by atoms with Crippen LogP contribution in [-0.4, -0.2) is 42.1 Å². The first-order valence-electron chi connectivity index (χ1n) is 6.66. The minimum absolute atomic E-state index is 0.462. The summed E-state index contributed by atoms with van der Waals surface area (Å²) in [6.07, 6.45) is 3.67. The molecule has 92 valence electrons. The molecule has 2 aliphatic heterocycles. The van der Waals surface area contributed by atoms with Crippen LogP contribution in [0.15, 0.2) is 18.2 Å². The van der Waals surface area contributed by atoms with Gasteiger partial charge in [0.1, 0.15) is 5.82 Å². The van der Waals surface area contributed by atoms with Crippen molar-refractivity contribution in [3.8, 4) is 0 Å². The van der Waals surface area contributed by atoms with Gasteiger partial charge in [0.15, 0.2) is 0 Å². The highest BCUT2D eigenvalue weighted by molar-refractivity contribution is 5.42. The molecule has 1 spiro atoms. The van der Waals surface area contributed by atoms with Crippen molar-refractivity contribution in [1.82, 2.24) is 9.88 Å². The number of aryl methyl sites for hydroxylation is 1. The van der Waals surface area contributed by atoms with E-state index in [0.717, 1.165) is 19.5 Å². The van der Waals surface area contributed by atoms with E-state index in [1.54, 1.807) is 0 Å². The normalized spacial score (nSPS) is 28.7. The Bertz CT molecular complexity index is 418. The van der Waals surface area contributed by atoms with Gasteiger partial charge in [-0.25, -0.2) is 4.98 Å². The fourth-order valence-corrected chi connectivity index (χ4v) is 3.06. The van der Waals surface area contributed by atoms with Gasteiger partial charge in [-0.3, -0.25) is 4.90 Å². The van der Waals surface area contributed by atoms with E-state index < -0.39 is 0 Å². The first kappa shape index (κ1) is 11.0. The monoisotopic (exact) mass is 231 g/mol. The lowest BCUT2D eigenvalue weighted by Gasteiger charge is -2.48. The fraction of sp³-hybridized carbons (Fsp3) is 0.643. The number of pyridine rings is 1. The Morgan fingerprint density at radius 1 is 1.29 bits per heavy atom. The Labute approximate surface area is 103 Å². The molecule has 0 saturated carbocycles.